The van der Waals surface area contributed by atoms with Crippen molar-refractivity contribution in [2.75, 3.05) is 6.61 Å². The van der Waals surface area contributed by atoms with Gasteiger partial charge in [0.05, 0.1) is 12.8 Å². The number of aryl methyl sites for hydroxylation is 1. The van der Waals surface area contributed by atoms with E-state index >= 15 is 0 Å². The molecule has 0 amide bonds. The summed E-state index contributed by atoms with van der Waals surface area (Å²) in [4.78, 5) is 0. The Hall–Kier alpha value is -2.73. The Morgan fingerprint density at radius 2 is 1.96 bits per heavy atom. The third-order valence-electron chi connectivity index (χ3n) is 4.01. The fraction of sp³-hybridized carbons (Fsp3) is 0.250. The molecule has 0 bridgehead atoms. The van der Waals surface area contributed by atoms with E-state index in [1.807, 2.05) is 55.5 Å². The smallest absolute Gasteiger partial charge is 0.216 e. The lowest BCUT2D eigenvalue weighted by Gasteiger charge is -2.05. The van der Waals surface area contributed by atoms with Gasteiger partial charge in [-0.05, 0) is 61.0 Å². The van der Waals surface area contributed by atoms with E-state index in [0.29, 0.717) is 10.6 Å². The molecule has 5 nitrogen and oxygen atoms in total. The molecule has 0 fully saturated rings. The molecule has 3 aromatic rings. The molecule has 0 spiro atoms. The highest BCUT2D eigenvalue weighted by Crippen LogP contribution is 2.21. The van der Waals surface area contributed by atoms with Gasteiger partial charge in [-0.15, -0.1) is 0 Å². The summed E-state index contributed by atoms with van der Waals surface area (Å²) in [6.45, 7) is 4.93. The molecule has 134 valence electrons. The maximum atomic E-state index is 5.68. The Labute approximate surface area is 158 Å². The predicted octanol–water partition coefficient (Wildman–Crippen LogP) is 4.98. The molecule has 0 saturated carbocycles. The SMILES string of the molecule is CCCCOc1ccc(/C=N/n2c(-c3ccccc3C)n[nH]c2=S)cc1. The number of aromatic amines is 1. The van der Waals surface area contributed by atoms with Gasteiger partial charge in [-0.3, -0.25) is 0 Å². The molecule has 1 heterocycles. The summed E-state index contributed by atoms with van der Waals surface area (Å²) in [6, 6.07) is 15.9. The fourth-order valence-electron chi connectivity index (χ4n) is 2.51. The first-order valence-electron chi connectivity index (χ1n) is 8.69. The van der Waals surface area contributed by atoms with E-state index in [1.54, 1.807) is 10.9 Å². The molecule has 2 aromatic carbocycles. The normalized spacial score (nSPS) is 11.2. The summed E-state index contributed by atoms with van der Waals surface area (Å²) in [5, 5.41) is 11.7. The first-order valence-corrected chi connectivity index (χ1v) is 9.10. The van der Waals surface area contributed by atoms with E-state index in [9.17, 15) is 0 Å². The minimum absolute atomic E-state index is 0.457. The molecule has 0 atom stereocenters. The standard InChI is InChI=1S/C20H22N4OS/c1-3-4-13-25-17-11-9-16(10-12-17)14-21-24-19(22-23-20(24)26)18-8-6-5-7-15(18)2/h5-12,14H,3-4,13H2,1-2H3,(H,23,26)/b21-14+. The van der Waals surface area contributed by atoms with Crippen LogP contribution in [0.15, 0.2) is 53.6 Å². The largest absolute Gasteiger partial charge is 0.494 e. The summed E-state index contributed by atoms with van der Waals surface area (Å²) in [5.41, 5.74) is 3.08. The summed E-state index contributed by atoms with van der Waals surface area (Å²) in [6.07, 6.45) is 3.95. The van der Waals surface area contributed by atoms with Crippen molar-refractivity contribution < 1.29 is 4.74 Å². The van der Waals surface area contributed by atoms with Gasteiger partial charge in [0.1, 0.15) is 5.75 Å². The van der Waals surface area contributed by atoms with Crippen LogP contribution in [-0.2, 0) is 0 Å². The number of nitrogens with zero attached hydrogens (tertiary/aromatic N) is 3. The number of ether oxygens (including phenoxy) is 1. The molecule has 6 heteroatoms. The van der Waals surface area contributed by atoms with Gasteiger partial charge in [-0.2, -0.15) is 14.9 Å². The third kappa shape index (κ3) is 4.26. The molecule has 0 aliphatic carbocycles. The maximum Gasteiger partial charge on any atom is 0.216 e. The first kappa shape index (κ1) is 18.1. The summed E-state index contributed by atoms with van der Waals surface area (Å²) >= 11 is 5.32. The lowest BCUT2D eigenvalue weighted by molar-refractivity contribution is 0.309. The fourth-order valence-corrected chi connectivity index (χ4v) is 2.69. The lowest BCUT2D eigenvalue weighted by atomic mass is 10.1. The van der Waals surface area contributed by atoms with Crippen LogP contribution in [0, 0.1) is 11.7 Å². The van der Waals surface area contributed by atoms with Crippen LogP contribution in [0.25, 0.3) is 11.4 Å². The van der Waals surface area contributed by atoms with E-state index in [0.717, 1.165) is 41.9 Å². The minimum Gasteiger partial charge on any atom is -0.494 e. The van der Waals surface area contributed by atoms with Crippen LogP contribution in [0.5, 0.6) is 5.75 Å². The van der Waals surface area contributed by atoms with Crippen LogP contribution in [0.4, 0.5) is 0 Å². The van der Waals surface area contributed by atoms with Gasteiger partial charge >= 0.3 is 0 Å². The van der Waals surface area contributed by atoms with Crippen molar-refractivity contribution in [1.82, 2.24) is 14.9 Å². The van der Waals surface area contributed by atoms with E-state index in [2.05, 4.69) is 22.2 Å². The van der Waals surface area contributed by atoms with Gasteiger partial charge in [0.25, 0.3) is 0 Å². The van der Waals surface area contributed by atoms with Gasteiger partial charge in [-0.1, -0.05) is 37.6 Å². The number of benzene rings is 2. The average Bonchev–Trinajstić information content (AvgIpc) is 3.02. The number of unbranched alkanes of at least 4 members (excludes halogenated alkanes) is 1. The van der Waals surface area contributed by atoms with Crippen molar-refractivity contribution >= 4 is 18.4 Å². The number of rotatable bonds is 7. The average molecular weight is 366 g/mol. The highest BCUT2D eigenvalue weighted by Gasteiger charge is 2.09. The molecule has 0 unspecified atom stereocenters. The quantitative estimate of drug-likeness (QED) is 0.365. The van der Waals surface area contributed by atoms with Gasteiger partial charge < -0.3 is 4.74 Å². The topological polar surface area (TPSA) is 55.2 Å². The maximum absolute atomic E-state index is 5.68. The van der Waals surface area contributed by atoms with Crippen molar-refractivity contribution in [3.05, 3.63) is 64.4 Å². The summed E-state index contributed by atoms with van der Waals surface area (Å²) < 4.78 is 7.78. The van der Waals surface area contributed by atoms with Crippen molar-refractivity contribution in [1.29, 1.82) is 0 Å². The molecule has 0 saturated heterocycles. The number of hydrogen-bond donors (Lipinski definition) is 1. The van der Waals surface area contributed by atoms with Crippen LogP contribution in [0.1, 0.15) is 30.9 Å². The van der Waals surface area contributed by atoms with E-state index in [1.165, 1.54) is 0 Å². The predicted molar refractivity (Wildman–Crippen MR) is 107 cm³/mol. The lowest BCUT2D eigenvalue weighted by Crippen LogP contribution is -1.97. The Morgan fingerprint density at radius 1 is 1.19 bits per heavy atom. The molecular weight excluding hydrogens is 344 g/mol. The number of nitrogens with one attached hydrogen (secondary N) is 1. The second-order valence-electron chi connectivity index (χ2n) is 5.99. The number of hydrogen-bond acceptors (Lipinski definition) is 4. The molecule has 1 N–H and O–H groups in total. The van der Waals surface area contributed by atoms with Gasteiger partial charge in [0.2, 0.25) is 4.77 Å². The third-order valence-corrected chi connectivity index (χ3v) is 4.27. The highest BCUT2D eigenvalue weighted by molar-refractivity contribution is 7.71. The molecular formula is C20H22N4OS. The number of aromatic nitrogens is 3. The zero-order valence-electron chi connectivity index (χ0n) is 15.0. The second-order valence-corrected chi connectivity index (χ2v) is 6.38. The minimum atomic E-state index is 0.457. The number of H-pyrrole nitrogens is 1. The molecule has 26 heavy (non-hydrogen) atoms. The summed E-state index contributed by atoms with van der Waals surface area (Å²) in [7, 11) is 0. The van der Waals surface area contributed by atoms with Crippen molar-refractivity contribution in [3.8, 4) is 17.1 Å². The monoisotopic (exact) mass is 366 g/mol. The van der Waals surface area contributed by atoms with E-state index in [-0.39, 0.29) is 0 Å². The van der Waals surface area contributed by atoms with Gasteiger partial charge in [0, 0.05) is 5.56 Å². The van der Waals surface area contributed by atoms with Crippen LogP contribution < -0.4 is 4.74 Å². The van der Waals surface area contributed by atoms with E-state index < -0.39 is 0 Å². The Bertz CT molecular complexity index is 941. The molecule has 1 aromatic heterocycles. The molecule has 0 aliphatic rings. The van der Waals surface area contributed by atoms with Crippen LogP contribution in [0.3, 0.4) is 0 Å². The van der Waals surface area contributed by atoms with Crippen molar-refractivity contribution in [2.45, 2.75) is 26.7 Å². The van der Waals surface area contributed by atoms with Gasteiger partial charge in [-0.25, -0.2) is 5.10 Å². The molecule has 3 rings (SSSR count). The van der Waals surface area contributed by atoms with Crippen LogP contribution >= 0.6 is 12.2 Å². The molecule has 0 radical (unpaired) electrons. The Kier molecular flexibility index (Phi) is 5.96. The zero-order chi connectivity index (χ0) is 18.4. The van der Waals surface area contributed by atoms with E-state index in [4.69, 9.17) is 17.0 Å². The van der Waals surface area contributed by atoms with Crippen molar-refractivity contribution in [2.24, 2.45) is 5.10 Å². The highest BCUT2D eigenvalue weighted by atomic mass is 32.1. The Morgan fingerprint density at radius 3 is 2.69 bits per heavy atom. The van der Waals surface area contributed by atoms with Crippen LogP contribution in [0.2, 0.25) is 0 Å². The zero-order valence-corrected chi connectivity index (χ0v) is 15.8. The van der Waals surface area contributed by atoms with Crippen molar-refractivity contribution in [3.63, 3.8) is 0 Å². The van der Waals surface area contributed by atoms with Crippen LogP contribution in [-0.4, -0.2) is 27.7 Å². The molecule has 0 aliphatic heterocycles. The van der Waals surface area contributed by atoms with Gasteiger partial charge in [0.15, 0.2) is 5.82 Å². The first-order chi connectivity index (χ1) is 12.7. The summed E-state index contributed by atoms with van der Waals surface area (Å²) in [5.74, 6) is 1.57. The second kappa shape index (κ2) is 8.58. The Balaban J connectivity index is 1.80.